The van der Waals surface area contributed by atoms with Crippen molar-refractivity contribution >= 4 is 31.8 Å². The van der Waals surface area contributed by atoms with E-state index in [1.165, 1.54) is 12.3 Å². The van der Waals surface area contributed by atoms with Crippen molar-refractivity contribution in [2.24, 2.45) is 5.14 Å². The molecule has 0 aliphatic rings. The Morgan fingerprint density at radius 1 is 1.16 bits per heavy atom. The topological polar surface area (TPSA) is 99.1 Å². The first-order chi connectivity index (χ1) is 8.89. The number of anilines is 1. The van der Waals surface area contributed by atoms with Gasteiger partial charge in [-0.2, -0.15) is 0 Å². The largest absolute Gasteiger partial charge is 0.383 e. The Kier molecular flexibility index (Phi) is 3.88. The molecule has 0 spiro atoms. The van der Waals surface area contributed by atoms with Crippen LogP contribution in [-0.4, -0.2) is 13.4 Å². The molecular weight excluding hydrogens is 330 g/mol. The van der Waals surface area contributed by atoms with Crippen LogP contribution in [0.15, 0.2) is 47.5 Å². The molecule has 2 rings (SSSR count). The number of nitrogens with zero attached hydrogens (tertiary/aromatic N) is 1. The van der Waals surface area contributed by atoms with Gasteiger partial charge in [-0.1, -0.05) is 46.3 Å². The second kappa shape index (κ2) is 5.28. The van der Waals surface area contributed by atoms with Gasteiger partial charge in [-0.25, -0.2) is 18.5 Å². The first kappa shape index (κ1) is 14.0. The van der Waals surface area contributed by atoms with Gasteiger partial charge in [0.25, 0.3) is 0 Å². The van der Waals surface area contributed by atoms with Crippen molar-refractivity contribution in [1.82, 2.24) is 4.98 Å². The Morgan fingerprint density at radius 2 is 1.79 bits per heavy atom. The molecule has 0 fully saturated rings. The van der Waals surface area contributed by atoms with Crippen LogP contribution in [0.5, 0.6) is 0 Å². The summed E-state index contributed by atoms with van der Waals surface area (Å²) in [6, 6.07) is 11.0. The SMILES string of the molecule is Nc1ncc(C(Br)c2ccccc2)cc1S(N)(=O)=O. The summed E-state index contributed by atoms with van der Waals surface area (Å²) in [5, 5.41) is 5.10. The smallest absolute Gasteiger partial charge is 0.241 e. The predicted octanol–water partition coefficient (Wildman–Crippen LogP) is 1.80. The molecule has 0 bridgehead atoms. The number of aromatic nitrogens is 1. The number of hydrogen-bond donors (Lipinski definition) is 2. The molecule has 7 heteroatoms. The van der Waals surface area contributed by atoms with Crippen LogP contribution in [0.3, 0.4) is 0 Å². The third-order valence-electron chi connectivity index (χ3n) is 2.59. The van der Waals surface area contributed by atoms with Crippen LogP contribution in [0.25, 0.3) is 0 Å². The van der Waals surface area contributed by atoms with Crippen LogP contribution >= 0.6 is 15.9 Å². The van der Waals surface area contributed by atoms with E-state index < -0.39 is 10.0 Å². The molecule has 1 aromatic carbocycles. The summed E-state index contributed by atoms with van der Waals surface area (Å²) in [5.74, 6) is -0.0981. The van der Waals surface area contributed by atoms with Crippen molar-refractivity contribution in [3.63, 3.8) is 0 Å². The van der Waals surface area contributed by atoms with Gasteiger partial charge in [-0.15, -0.1) is 0 Å². The van der Waals surface area contributed by atoms with Crippen molar-refractivity contribution in [1.29, 1.82) is 0 Å². The molecule has 2 aromatic rings. The highest BCUT2D eigenvalue weighted by Gasteiger charge is 2.18. The number of sulfonamides is 1. The molecule has 1 heterocycles. The summed E-state index contributed by atoms with van der Waals surface area (Å²) >= 11 is 3.50. The number of halogens is 1. The quantitative estimate of drug-likeness (QED) is 0.831. The number of primary sulfonamides is 1. The molecule has 0 aliphatic carbocycles. The maximum atomic E-state index is 11.4. The zero-order valence-electron chi connectivity index (χ0n) is 9.82. The molecule has 1 aromatic heterocycles. The van der Waals surface area contributed by atoms with E-state index in [1.807, 2.05) is 30.3 Å². The summed E-state index contributed by atoms with van der Waals surface area (Å²) in [6.45, 7) is 0. The van der Waals surface area contributed by atoms with Crippen LogP contribution in [0.2, 0.25) is 0 Å². The molecule has 19 heavy (non-hydrogen) atoms. The van der Waals surface area contributed by atoms with Gasteiger partial charge >= 0.3 is 0 Å². The molecule has 0 saturated carbocycles. The molecule has 100 valence electrons. The number of pyridine rings is 1. The van der Waals surface area contributed by atoms with Crippen molar-refractivity contribution in [3.05, 3.63) is 53.7 Å². The average Bonchev–Trinajstić information content (AvgIpc) is 2.38. The van der Waals surface area contributed by atoms with Gasteiger partial charge in [0.05, 0.1) is 4.83 Å². The van der Waals surface area contributed by atoms with Gasteiger partial charge in [0.1, 0.15) is 10.7 Å². The minimum atomic E-state index is -3.88. The van der Waals surface area contributed by atoms with Gasteiger partial charge in [-0.3, -0.25) is 0 Å². The highest BCUT2D eigenvalue weighted by Crippen LogP contribution is 2.32. The summed E-state index contributed by atoms with van der Waals surface area (Å²) < 4.78 is 22.8. The van der Waals surface area contributed by atoms with Crippen LogP contribution in [-0.2, 0) is 10.0 Å². The molecule has 1 atom stereocenters. The summed E-state index contributed by atoms with van der Waals surface area (Å²) in [7, 11) is -3.88. The van der Waals surface area contributed by atoms with Crippen LogP contribution in [0.4, 0.5) is 5.82 Å². The highest BCUT2D eigenvalue weighted by atomic mass is 79.9. The van der Waals surface area contributed by atoms with Crippen molar-refractivity contribution < 1.29 is 8.42 Å². The number of benzene rings is 1. The van der Waals surface area contributed by atoms with Gasteiger partial charge in [-0.05, 0) is 17.2 Å². The van der Waals surface area contributed by atoms with Crippen molar-refractivity contribution in [3.8, 4) is 0 Å². The molecule has 0 radical (unpaired) electrons. The normalized spacial score (nSPS) is 13.2. The molecule has 1 unspecified atom stereocenters. The monoisotopic (exact) mass is 341 g/mol. The summed E-state index contributed by atoms with van der Waals surface area (Å²) in [6.07, 6.45) is 1.52. The fraction of sp³-hybridized carbons (Fsp3) is 0.0833. The van der Waals surface area contributed by atoms with E-state index >= 15 is 0 Å². The zero-order chi connectivity index (χ0) is 14.0. The fourth-order valence-electron chi connectivity index (χ4n) is 1.65. The Hall–Kier alpha value is -1.44. The molecule has 4 N–H and O–H groups in total. The van der Waals surface area contributed by atoms with Gasteiger partial charge in [0.15, 0.2) is 0 Å². The lowest BCUT2D eigenvalue weighted by Crippen LogP contribution is -2.15. The maximum absolute atomic E-state index is 11.4. The van der Waals surface area contributed by atoms with E-state index in [1.54, 1.807) is 0 Å². The molecule has 0 amide bonds. The van der Waals surface area contributed by atoms with Crippen LogP contribution < -0.4 is 10.9 Å². The third-order valence-corrected chi connectivity index (χ3v) is 4.59. The van der Waals surface area contributed by atoms with Gasteiger partial charge in [0, 0.05) is 6.20 Å². The second-order valence-electron chi connectivity index (χ2n) is 3.97. The molecular formula is C12H12BrN3O2S. The van der Waals surface area contributed by atoms with Crippen LogP contribution in [0, 0.1) is 0 Å². The van der Waals surface area contributed by atoms with E-state index in [0.29, 0.717) is 5.56 Å². The predicted molar refractivity (Wildman–Crippen MR) is 77.2 cm³/mol. The number of rotatable bonds is 3. The van der Waals surface area contributed by atoms with E-state index in [-0.39, 0.29) is 15.5 Å². The van der Waals surface area contributed by atoms with Crippen LogP contribution in [0.1, 0.15) is 16.0 Å². The lowest BCUT2D eigenvalue weighted by molar-refractivity contribution is 0.597. The summed E-state index contributed by atoms with van der Waals surface area (Å²) in [5.41, 5.74) is 7.18. The van der Waals surface area contributed by atoms with E-state index in [9.17, 15) is 8.42 Å². The van der Waals surface area contributed by atoms with Crippen molar-refractivity contribution in [2.75, 3.05) is 5.73 Å². The second-order valence-corrected chi connectivity index (χ2v) is 6.42. The highest BCUT2D eigenvalue weighted by molar-refractivity contribution is 9.09. The molecule has 0 aliphatic heterocycles. The lowest BCUT2D eigenvalue weighted by Gasteiger charge is -2.12. The molecule has 0 saturated heterocycles. The minimum Gasteiger partial charge on any atom is -0.383 e. The Bertz CT molecular complexity index is 689. The summed E-state index contributed by atoms with van der Waals surface area (Å²) in [4.78, 5) is 3.54. The number of alkyl halides is 1. The first-order valence-electron chi connectivity index (χ1n) is 5.37. The fourth-order valence-corrected chi connectivity index (χ4v) is 2.85. The van der Waals surface area contributed by atoms with E-state index in [0.717, 1.165) is 5.56 Å². The zero-order valence-corrected chi connectivity index (χ0v) is 12.2. The number of nitrogen functional groups attached to an aromatic ring is 1. The Balaban J connectivity index is 2.48. The third kappa shape index (κ3) is 3.12. The molecule has 5 nitrogen and oxygen atoms in total. The Morgan fingerprint density at radius 3 is 2.37 bits per heavy atom. The standard InChI is InChI=1S/C12H12BrN3O2S/c13-11(8-4-2-1-3-5-8)9-6-10(19(15,17)18)12(14)16-7-9/h1-7,11H,(H2,14,16)(H2,15,17,18). The van der Waals surface area contributed by atoms with E-state index in [4.69, 9.17) is 10.9 Å². The number of nitrogens with two attached hydrogens (primary N) is 2. The average molecular weight is 342 g/mol. The minimum absolute atomic E-state index is 0.0981. The van der Waals surface area contributed by atoms with Crippen molar-refractivity contribution in [2.45, 2.75) is 9.72 Å². The van der Waals surface area contributed by atoms with E-state index in [2.05, 4.69) is 20.9 Å². The maximum Gasteiger partial charge on any atom is 0.241 e. The Labute approximate surface area is 119 Å². The lowest BCUT2D eigenvalue weighted by atomic mass is 10.1. The number of hydrogen-bond acceptors (Lipinski definition) is 4. The van der Waals surface area contributed by atoms with Gasteiger partial charge < -0.3 is 5.73 Å². The first-order valence-corrected chi connectivity index (χ1v) is 7.83. The van der Waals surface area contributed by atoms with Gasteiger partial charge in [0.2, 0.25) is 10.0 Å².